The Morgan fingerprint density at radius 3 is 2.60 bits per heavy atom. The van der Waals surface area contributed by atoms with E-state index in [1.54, 1.807) is 7.11 Å². The van der Waals surface area contributed by atoms with Crippen molar-refractivity contribution in [2.45, 2.75) is 57.4 Å². The number of hydrogen-bond acceptors (Lipinski definition) is 2. The Kier molecular flexibility index (Phi) is 7.03. The van der Waals surface area contributed by atoms with Crippen LogP contribution in [0.15, 0.2) is 0 Å². The largest absolute Gasteiger partial charge is 0.385 e. The Labute approximate surface area is 94.8 Å². The first-order chi connectivity index (χ1) is 7.36. The van der Waals surface area contributed by atoms with Gasteiger partial charge in [0.15, 0.2) is 0 Å². The van der Waals surface area contributed by atoms with Gasteiger partial charge < -0.3 is 10.1 Å². The maximum absolute atomic E-state index is 5.09. The van der Waals surface area contributed by atoms with Gasteiger partial charge in [0.25, 0.3) is 0 Å². The molecule has 0 aliphatic heterocycles. The molecule has 0 bridgehead atoms. The summed E-state index contributed by atoms with van der Waals surface area (Å²) >= 11 is 0. The van der Waals surface area contributed by atoms with E-state index in [1.807, 2.05) is 0 Å². The highest BCUT2D eigenvalue weighted by Gasteiger charge is 2.16. The molecule has 0 heterocycles. The van der Waals surface area contributed by atoms with Gasteiger partial charge in [0.05, 0.1) is 0 Å². The third-order valence-corrected chi connectivity index (χ3v) is 3.71. The second-order valence-electron chi connectivity index (χ2n) is 4.85. The van der Waals surface area contributed by atoms with Crippen LogP contribution in [0.25, 0.3) is 0 Å². The van der Waals surface area contributed by atoms with Gasteiger partial charge in [-0.15, -0.1) is 0 Å². The molecule has 0 saturated heterocycles. The van der Waals surface area contributed by atoms with E-state index in [9.17, 15) is 0 Å². The Hall–Kier alpha value is -0.0800. The van der Waals surface area contributed by atoms with Gasteiger partial charge in [-0.05, 0) is 38.6 Å². The molecule has 1 N–H and O–H groups in total. The van der Waals surface area contributed by atoms with Crippen LogP contribution in [-0.4, -0.2) is 26.8 Å². The molecule has 15 heavy (non-hydrogen) atoms. The molecule has 0 radical (unpaired) electrons. The second kappa shape index (κ2) is 8.12. The van der Waals surface area contributed by atoms with Crippen molar-refractivity contribution in [3.63, 3.8) is 0 Å². The molecule has 1 aliphatic rings. The normalized spacial score (nSPS) is 19.6. The summed E-state index contributed by atoms with van der Waals surface area (Å²) in [6.45, 7) is 0.904. The van der Waals surface area contributed by atoms with Crippen molar-refractivity contribution in [3.05, 3.63) is 0 Å². The first-order valence-corrected chi connectivity index (χ1v) is 6.53. The predicted molar refractivity (Wildman–Crippen MR) is 65.1 cm³/mol. The monoisotopic (exact) mass is 213 g/mol. The number of methoxy groups -OCH3 is 1. The quantitative estimate of drug-likeness (QED) is 0.626. The number of rotatable bonds is 8. The summed E-state index contributed by atoms with van der Waals surface area (Å²) in [4.78, 5) is 0. The molecule has 1 atom stereocenters. The average Bonchev–Trinajstić information content (AvgIpc) is 2.76. The number of nitrogens with one attached hydrogen (secondary N) is 1. The molecule has 90 valence electrons. The van der Waals surface area contributed by atoms with Crippen molar-refractivity contribution in [1.29, 1.82) is 0 Å². The van der Waals surface area contributed by atoms with Crippen LogP contribution in [0.4, 0.5) is 0 Å². The summed E-state index contributed by atoms with van der Waals surface area (Å²) in [6.07, 6.45) is 11.1. The molecule has 2 nitrogen and oxygen atoms in total. The second-order valence-corrected chi connectivity index (χ2v) is 4.85. The van der Waals surface area contributed by atoms with Crippen LogP contribution in [0.1, 0.15) is 51.4 Å². The lowest BCUT2D eigenvalue weighted by Crippen LogP contribution is -2.26. The van der Waals surface area contributed by atoms with Gasteiger partial charge in [0, 0.05) is 19.8 Å². The summed E-state index contributed by atoms with van der Waals surface area (Å²) in [7, 11) is 3.87. The lowest BCUT2D eigenvalue weighted by atomic mass is 9.96. The zero-order valence-corrected chi connectivity index (χ0v) is 10.4. The molecular weight excluding hydrogens is 186 g/mol. The summed E-state index contributed by atoms with van der Waals surface area (Å²) < 4.78 is 5.09. The smallest absolute Gasteiger partial charge is 0.0462 e. The summed E-state index contributed by atoms with van der Waals surface area (Å²) in [5.41, 5.74) is 0. The molecule has 2 heteroatoms. The van der Waals surface area contributed by atoms with Crippen LogP contribution in [0.2, 0.25) is 0 Å². The molecule has 1 saturated carbocycles. The van der Waals surface area contributed by atoms with Crippen LogP contribution in [-0.2, 0) is 4.74 Å². The summed E-state index contributed by atoms with van der Waals surface area (Å²) in [5.74, 6) is 1.03. The SMILES string of the molecule is CNC(CCCOC)CCC1CCCC1. The van der Waals surface area contributed by atoms with Crippen LogP contribution in [0.5, 0.6) is 0 Å². The van der Waals surface area contributed by atoms with E-state index in [2.05, 4.69) is 12.4 Å². The van der Waals surface area contributed by atoms with E-state index >= 15 is 0 Å². The van der Waals surface area contributed by atoms with E-state index in [0.29, 0.717) is 6.04 Å². The molecule has 0 aromatic rings. The minimum absolute atomic E-state index is 0.709. The summed E-state index contributed by atoms with van der Waals surface area (Å²) in [5, 5.41) is 3.43. The molecular formula is C13H27NO. The molecule has 1 unspecified atom stereocenters. The molecule has 1 fully saturated rings. The van der Waals surface area contributed by atoms with Gasteiger partial charge in [0.1, 0.15) is 0 Å². The lowest BCUT2D eigenvalue weighted by Gasteiger charge is -2.18. The Bertz CT molecular complexity index is 143. The van der Waals surface area contributed by atoms with Crippen molar-refractivity contribution in [3.8, 4) is 0 Å². The van der Waals surface area contributed by atoms with Crippen molar-refractivity contribution in [2.75, 3.05) is 20.8 Å². The zero-order chi connectivity index (χ0) is 10.9. The Balaban J connectivity index is 2.04. The van der Waals surface area contributed by atoms with E-state index in [1.165, 1.54) is 51.4 Å². The molecule has 0 aromatic carbocycles. The van der Waals surface area contributed by atoms with Crippen molar-refractivity contribution >= 4 is 0 Å². The van der Waals surface area contributed by atoms with E-state index < -0.39 is 0 Å². The van der Waals surface area contributed by atoms with Crippen LogP contribution >= 0.6 is 0 Å². The molecule has 0 spiro atoms. The molecule has 0 amide bonds. The number of ether oxygens (including phenoxy) is 1. The van der Waals surface area contributed by atoms with E-state index in [0.717, 1.165) is 12.5 Å². The maximum atomic E-state index is 5.09. The fourth-order valence-corrected chi connectivity index (χ4v) is 2.64. The zero-order valence-electron chi connectivity index (χ0n) is 10.4. The maximum Gasteiger partial charge on any atom is 0.0462 e. The van der Waals surface area contributed by atoms with E-state index in [4.69, 9.17) is 4.74 Å². The minimum Gasteiger partial charge on any atom is -0.385 e. The van der Waals surface area contributed by atoms with Crippen LogP contribution < -0.4 is 5.32 Å². The molecule has 1 rings (SSSR count). The van der Waals surface area contributed by atoms with Gasteiger partial charge in [-0.3, -0.25) is 0 Å². The van der Waals surface area contributed by atoms with Gasteiger partial charge in [0.2, 0.25) is 0 Å². The Morgan fingerprint density at radius 2 is 2.00 bits per heavy atom. The van der Waals surface area contributed by atoms with E-state index in [-0.39, 0.29) is 0 Å². The van der Waals surface area contributed by atoms with Crippen molar-refractivity contribution < 1.29 is 4.74 Å². The fourth-order valence-electron chi connectivity index (χ4n) is 2.64. The van der Waals surface area contributed by atoms with Gasteiger partial charge >= 0.3 is 0 Å². The lowest BCUT2D eigenvalue weighted by molar-refractivity contribution is 0.188. The minimum atomic E-state index is 0.709. The Morgan fingerprint density at radius 1 is 1.27 bits per heavy atom. The topological polar surface area (TPSA) is 21.3 Å². The third kappa shape index (κ3) is 5.53. The number of hydrogen-bond donors (Lipinski definition) is 1. The highest BCUT2D eigenvalue weighted by molar-refractivity contribution is 4.72. The molecule has 0 aromatic heterocycles. The van der Waals surface area contributed by atoms with Crippen LogP contribution in [0, 0.1) is 5.92 Å². The van der Waals surface area contributed by atoms with Crippen molar-refractivity contribution in [1.82, 2.24) is 5.32 Å². The standard InChI is InChI=1S/C13H27NO/c1-14-13(8-5-11-15-2)10-9-12-6-3-4-7-12/h12-14H,3-11H2,1-2H3. The first-order valence-electron chi connectivity index (χ1n) is 6.53. The van der Waals surface area contributed by atoms with Gasteiger partial charge in [-0.25, -0.2) is 0 Å². The third-order valence-electron chi connectivity index (χ3n) is 3.71. The van der Waals surface area contributed by atoms with Gasteiger partial charge in [-0.2, -0.15) is 0 Å². The average molecular weight is 213 g/mol. The fraction of sp³-hybridized carbons (Fsp3) is 1.00. The van der Waals surface area contributed by atoms with Crippen LogP contribution in [0.3, 0.4) is 0 Å². The van der Waals surface area contributed by atoms with Gasteiger partial charge in [-0.1, -0.05) is 25.7 Å². The van der Waals surface area contributed by atoms with Crippen molar-refractivity contribution in [2.24, 2.45) is 5.92 Å². The predicted octanol–water partition coefficient (Wildman–Crippen LogP) is 2.97. The highest BCUT2D eigenvalue weighted by Crippen LogP contribution is 2.29. The summed E-state index contributed by atoms with van der Waals surface area (Å²) in [6, 6.07) is 0.709. The first kappa shape index (κ1) is 13.0. The highest BCUT2D eigenvalue weighted by atomic mass is 16.5. The molecule has 1 aliphatic carbocycles.